The standard InChI is InChI=1S/C15H22N4O/c1-2-18-9-10-19(15(20)12-5-3-4-6-12)11-13(18)14-16-7-8-17-14/h5,7-8,13H,2-4,6,9-11H2,1H3,(H,16,17)/t13-/m1/s1. The summed E-state index contributed by atoms with van der Waals surface area (Å²) in [6.45, 7) is 5.61. The van der Waals surface area contributed by atoms with Gasteiger partial charge in [-0.25, -0.2) is 4.98 Å². The fraction of sp³-hybridized carbons (Fsp3) is 0.600. The Balaban J connectivity index is 1.74. The van der Waals surface area contributed by atoms with E-state index < -0.39 is 0 Å². The van der Waals surface area contributed by atoms with Crippen LogP contribution >= 0.6 is 0 Å². The van der Waals surface area contributed by atoms with Gasteiger partial charge in [-0.1, -0.05) is 13.0 Å². The van der Waals surface area contributed by atoms with Gasteiger partial charge in [0.05, 0.1) is 6.04 Å². The number of hydrogen-bond acceptors (Lipinski definition) is 3. The summed E-state index contributed by atoms with van der Waals surface area (Å²) in [5, 5.41) is 0. The monoisotopic (exact) mass is 274 g/mol. The zero-order valence-electron chi connectivity index (χ0n) is 12.0. The summed E-state index contributed by atoms with van der Waals surface area (Å²) in [7, 11) is 0. The SMILES string of the molecule is CCN1CCN(C(=O)C2=CCCC2)C[C@@H]1c1ncc[nH]1. The number of rotatable bonds is 3. The fourth-order valence-corrected chi connectivity index (χ4v) is 3.17. The molecule has 2 aliphatic rings. The van der Waals surface area contributed by atoms with Crippen LogP contribution in [0.5, 0.6) is 0 Å². The van der Waals surface area contributed by atoms with E-state index in [1.54, 1.807) is 6.20 Å². The maximum Gasteiger partial charge on any atom is 0.249 e. The van der Waals surface area contributed by atoms with Gasteiger partial charge >= 0.3 is 0 Å². The van der Waals surface area contributed by atoms with Gasteiger partial charge in [-0.2, -0.15) is 0 Å². The molecule has 1 fully saturated rings. The van der Waals surface area contributed by atoms with E-state index in [1.807, 2.05) is 11.1 Å². The summed E-state index contributed by atoms with van der Waals surface area (Å²) < 4.78 is 0. The number of aromatic nitrogens is 2. The summed E-state index contributed by atoms with van der Waals surface area (Å²) in [5.41, 5.74) is 1.01. The van der Waals surface area contributed by atoms with Crippen molar-refractivity contribution in [1.29, 1.82) is 0 Å². The van der Waals surface area contributed by atoms with Crippen molar-refractivity contribution in [1.82, 2.24) is 19.8 Å². The first-order chi connectivity index (χ1) is 9.79. The number of nitrogens with zero attached hydrogens (tertiary/aromatic N) is 3. The number of H-pyrrole nitrogens is 1. The molecule has 0 bridgehead atoms. The van der Waals surface area contributed by atoms with Crippen LogP contribution in [0.1, 0.15) is 38.1 Å². The lowest BCUT2D eigenvalue weighted by molar-refractivity contribution is -0.130. The average molecular weight is 274 g/mol. The van der Waals surface area contributed by atoms with Crippen LogP contribution in [0.4, 0.5) is 0 Å². The number of amides is 1. The van der Waals surface area contributed by atoms with Crippen molar-refractivity contribution in [2.24, 2.45) is 0 Å². The molecule has 2 heterocycles. The van der Waals surface area contributed by atoms with Gasteiger partial charge in [-0.3, -0.25) is 9.69 Å². The van der Waals surface area contributed by atoms with Gasteiger partial charge in [0.2, 0.25) is 5.91 Å². The molecular weight excluding hydrogens is 252 g/mol. The minimum absolute atomic E-state index is 0.190. The second kappa shape index (κ2) is 5.79. The van der Waals surface area contributed by atoms with Gasteiger partial charge in [-0.05, 0) is 25.8 Å². The molecule has 1 saturated heterocycles. The summed E-state index contributed by atoms with van der Waals surface area (Å²) in [6, 6.07) is 0.190. The molecule has 1 aliphatic heterocycles. The fourth-order valence-electron chi connectivity index (χ4n) is 3.17. The van der Waals surface area contributed by atoms with Crippen molar-refractivity contribution < 1.29 is 4.79 Å². The molecule has 108 valence electrons. The first-order valence-electron chi connectivity index (χ1n) is 7.51. The molecule has 20 heavy (non-hydrogen) atoms. The van der Waals surface area contributed by atoms with Crippen LogP contribution in [0.2, 0.25) is 0 Å². The highest BCUT2D eigenvalue weighted by Crippen LogP contribution is 2.26. The maximum atomic E-state index is 12.5. The van der Waals surface area contributed by atoms with Gasteiger partial charge in [-0.15, -0.1) is 0 Å². The second-order valence-corrected chi connectivity index (χ2v) is 5.49. The van der Waals surface area contributed by atoms with Gasteiger partial charge in [0.25, 0.3) is 0 Å². The molecule has 1 aromatic heterocycles. The highest BCUT2D eigenvalue weighted by Gasteiger charge is 2.32. The molecule has 1 N–H and O–H groups in total. The number of imidazole rings is 1. The smallest absolute Gasteiger partial charge is 0.249 e. The van der Waals surface area contributed by atoms with Gasteiger partial charge in [0, 0.05) is 37.6 Å². The number of allylic oxidation sites excluding steroid dienone is 1. The van der Waals surface area contributed by atoms with Crippen LogP contribution in [0.25, 0.3) is 0 Å². The number of aromatic amines is 1. The van der Waals surface area contributed by atoms with Crippen LogP contribution in [0, 0.1) is 0 Å². The van der Waals surface area contributed by atoms with E-state index in [2.05, 4.69) is 27.9 Å². The van der Waals surface area contributed by atoms with Crippen LogP contribution in [0.15, 0.2) is 24.0 Å². The molecule has 0 spiro atoms. The lowest BCUT2D eigenvalue weighted by Crippen LogP contribution is -2.50. The molecule has 1 aromatic rings. The van der Waals surface area contributed by atoms with Crippen molar-refractivity contribution in [3.8, 4) is 0 Å². The number of carbonyl (C=O) groups excluding carboxylic acids is 1. The third kappa shape index (κ3) is 2.50. The first-order valence-corrected chi connectivity index (χ1v) is 7.51. The Hall–Kier alpha value is -1.62. The van der Waals surface area contributed by atoms with E-state index in [-0.39, 0.29) is 11.9 Å². The van der Waals surface area contributed by atoms with E-state index in [9.17, 15) is 4.79 Å². The molecule has 0 aromatic carbocycles. The predicted octanol–water partition coefficient (Wildman–Crippen LogP) is 1.73. The molecular formula is C15H22N4O. The van der Waals surface area contributed by atoms with E-state index in [0.717, 1.165) is 56.8 Å². The highest BCUT2D eigenvalue weighted by molar-refractivity contribution is 5.93. The molecule has 5 heteroatoms. The van der Waals surface area contributed by atoms with E-state index in [1.165, 1.54) is 0 Å². The summed E-state index contributed by atoms with van der Waals surface area (Å²) >= 11 is 0. The third-order valence-corrected chi connectivity index (χ3v) is 4.34. The van der Waals surface area contributed by atoms with Crippen molar-refractivity contribution >= 4 is 5.91 Å². The van der Waals surface area contributed by atoms with Crippen molar-refractivity contribution in [2.45, 2.75) is 32.2 Å². The number of hydrogen-bond donors (Lipinski definition) is 1. The molecule has 3 rings (SSSR count). The zero-order valence-corrected chi connectivity index (χ0v) is 12.0. The number of nitrogens with one attached hydrogen (secondary N) is 1. The lowest BCUT2D eigenvalue weighted by atomic mass is 10.1. The largest absolute Gasteiger partial charge is 0.347 e. The molecule has 1 amide bonds. The minimum Gasteiger partial charge on any atom is -0.347 e. The maximum absolute atomic E-state index is 12.5. The van der Waals surface area contributed by atoms with Crippen LogP contribution in [-0.4, -0.2) is 51.9 Å². The van der Waals surface area contributed by atoms with Crippen LogP contribution < -0.4 is 0 Å². The zero-order chi connectivity index (χ0) is 13.9. The van der Waals surface area contributed by atoms with Crippen LogP contribution in [0.3, 0.4) is 0 Å². The third-order valence-electron chi connectivity index (χ3n) is 4.34. The summed E-state index contributed by atoms with van der Waals surface area (Å²) in [4.78, 5) is 24.5. The van der Waals surface area contributed by atoms with E-state index in [0.29, 0.717) is 0 Å². The van der Waals surface area contributed by atoms with E-state index in [4.69, 9.17) is 0 Å². The van der Waals surface area contributed by atoms with Crippen molar-refractivity contribution in [3.05, 3.63) is 29.9 Å². The Morgan fingerprint density at radius 3 is 3.05 bits per heavy atom. The van der Waals surface area contributed by atoms with Gasteiger partial charge in [0.1, 0.15) is 5.82 Å². The summed E-state index contributed by atoms with van der Waals surface area (Å²) in [6.07, 6.45) is 8.86. The number of carbonyl (C=O) groups is 1. The Kier molecular flexibility index (Phi) is 3.87. The second-order valence-electron chi connectivity index (χ2n) is 5.49. The topological polar surface area (TPSA) is 52.2 Å². The van der Waals surface area contributed by atoms with Gasteiger partial charge < -0.3 is 9.88 Å². The van der Waals surface area contributed by atoms with Crippen molar-refractivity contribution in [2.75, 3.05) is 26.2 Å². The Morgan fingerprint density at radius 1 is 1.50 bits per heavy atom. The molecule has 1 aliphatic carbocycles. The molecule has 1 atom stereocenters. The average Bonchev–Trinajstić information content (AvgIpc) is 3.18. The number of likely N-dealkylation sites (N-methyl/N-ethyl adjacent to an activating group) is 1. The Bertz CT molecular complexity index is 494. The molecule has 0 unspecified atom stereocenters. The lowest BCUT2D eigenvalue weighted by Gasteiger charge is -2.40. The molecule has 0 radical (unpaired) electrons. The number of piperazine rings is 1. The molecule has 0 saturated carbocycles. The summed E-state index contributed by atoms with van der Waals surface area (Å²) in [5.74, 6) is 1.19. The predicted molar refractivity (Wildman–Crippen MR) is 77.1 cm³/mol. The first kappa shape index (κ1) is 13.4. The van der Waals surface area contributed by atoms with Crippen LogP contribution in [-0.2, 0) is 4.79 Å². The normalized spacial score (nSPS) is 23.9. The highest BCUT2D eigenvalue weighted by atomic mass is 16.2. The van der Waals surface area contributed by atoms with Crippen molar-refractivity contribution in [3.63, 3.8) is 0 Å². The Labute approximate surface area is 119 Å². The van der Waals surface area contributed by atoms with Gasteiger partial charge in [0.15, 0.2) is 0 Å². The van der Waals surface area contributed by atoms with E-state index >= 15 is 0 Å². The minimum atomic E-state index is 0.190. The quantitative estimate of drug-likeness (QED) is 0.913. The molecule has 5 nitrogen and oxygen atoms in total. The Morgan fingerprint density at radius 2 is 2.40 bits per heavy atom.